The van der Waals surface area contributed by atoms with Crippen molar-refractivity contribution in [2.75, 3.05) is 27.2 Å². The molecule has 0 bridgehead atoms. The molecule has 7 heteroatoms. The van der Waals surface area contributed by atoms with Gasteiger partial charge in [-0.05, 0) is 36.6 Å². The fourth-order valence-electron chi connectivity index (χ4n) is 5.57. The topological polar surface area (TPSA) is 79.8 Å². The molecule has 2 fully saturated rings. The van der Waals surface area contributed by atoms with Crippen molar-refractivity contribution in [2.45, 2.75) is 30.3 Å². The van der Waals surface area contributed by atoms with Crippen molar-refractivity contribution in [1.82, 2.24) is 14.8 Å². The number of rotatable bonds is 4. The van der Waals surface area contributed by atoms with Crippen LogP contribution in [-0.2, 0) is 20.5 Å². The molecule has 1 saturated carbocycles. The van der Waals surface area contributed by atoms with E-state index in [1.54, 1.807) is 32.4 Å². The highest BCUT2D eigenvalue weighted by molar-refractivity contribution is 5.96. The van der Waals surface area contributed by atoms with Crippen LogP contribution in [0.1, 0.15) is 51.1 Å². The van der Waals surface area contributed by atoms with Crippen LogP contribution in [0.2, 0.25) is 0 Å². The minimum atomic E-state index is -0.727. The lowest BCUT2D eigenvalue weighted by Gasteiger charge is -2.27. The summed E-state index contributed by atoms with van der Waals surface area (Å²) < 4.78 is 5.84. The van der Waals surface area contributed by atoms with E-state index < -0.39 is 11.0 Å². The number of carbonyl (C=O) groups excluding carboxylic acids is 3. The molecular weight excluding hydrogens is 454 g/mol. The van der Waals surface area contributed by atoms with Gasteiger partial charge < -0.3 is 14.5 Å². The zero-order valence-corrected chi connectivity index (χ0v) is 20.4. The van der Waals surface area contributed by atoms with Crippen molar-refractivity contribution in [2.24, 2.45) is 0 Å². The zero-order chi connectivity index (χ0) is 25.1. The number of esters is 1. The molecule has 1 saturated heterocycles. The summed E-state index contributed by atoms with van der Waals surface area (Å²) in [5.74, 6) is -0.278. The number of ether oxygens (including phenoxy) is 1. The number of hydrogen-bond acceptors (Lipinski definition) is 5. The van der Waals surface area contributed by atoms with Crippen LogP contribution in [0.25, 0.3) is 11.3 Å². The van der Waals surface area contributed by atoms with E-state index in [0.29, 0.717) is 30.6 Å². The molecule has 0 radical (unpaired) electrons. The average molecular weight is 482 g/mol. The molecule has 2 amide bonds. The zero-order valence-electron chi connectivity index (χ0n) is 20.4. The number of amides is 2. The first-order valence-corrected chi connectivity index (χ1v) is 12.2. The van der Waals surface area contributed by atoms with E-state index in [4.69, 9.17) is 4.74 Å². The first kappa shape index (κ1) is 22.5. The van der Waals surface area contributed by atoms with E-state index in [2.05, 4.69) is 4.98 Å². The second kappa shape index (κ2) is 8.01. The highest BCUT2D eigenvalue weighted by Crippen LogP contribution is 2.52. The van der Waals surface area contributed by atoms with Crippen molar-refractivity contribution in [1.29, 1.82) is 0 Å². The maximum atomic E-state index is 13.7. The van der Waals surface area contributed by atoms with Gasteiger partial charge in [-0.1, -0.05) is 42.5 Å². The standard InChI is InChI=1S/C29H27N3O4/c1-31(2)25(33)20-9-12-24(30-17-20)19-7-10-21(11-8-19)28(13-14-28)27(35)32-16-15-29(18-32)23-6-4-3-5-22(23)26(34)36-29/h3-12,17H,13-16,18H2,1-2H3/t29-/m0/s1. The van der Waals surface area contributed by atoms with Crippen LogP contribution < -0.4 is 0 Å². The van der Waals surface area contributed by atoms with Gasteiger partial charge in [0.2, 0.25) is 5.91 Å². The summed E-state index contributed by atoms with van der Waals surface area (Å²) in [6.45, 7) is 0.971. The van der Waals surface area contributed by atoms with Gasteiger partial charge in [0.25, 0.3) is 5.91 Å². The van der Waals surface area contributed by atoms with E-state index in [1.807, 2.05) is 53.4 Å². The fraction of sp³-hybridized carbons (Fsp3) is 0.310. The molecule has 3 aromatic rings. The SMILES string of the molecule is CN(C)C(=O)c1ccc(-c2ccc(C3(C(=O)N4CC[C@@]5(C4)OC(=O)c4ccccc45)CC3)cc2)nc1. The third kappa shape index (κ3) is 3.41. The predicted molar refractivity (Wildman–Crippen MR) is 133 cm³/mol. The molecule has 0 unspecified atom stereocenters. The largest absolute Gasteiger partial charge is 0.449 e. The fourth-order valence-corrected chi connectivity index (χ4v) is 5.57. The van der Waals surface area contributed by atoms with Crippen LogP contribution in [-0.4, -0.2) is 59.8 Å². The lowest BCUT2D eigenvalue weighted by Crippen LogP contribution is -2.40. The number of fused-ring (bicyclic) bond motifs is 2. The molecule has 1 aliphatic carbocycles. The van der Waals surface area contributed by atoms with Gasteiger partial charge >= 0.3 is 5.97 Å². The van der Waals surface area contributed by atoms with E-state index in [0.717, 1.165) is 35.2 Å². The van der Waals surface area contributed by atoms with Crippen molar-refractivity contribution in [3.63, 3.8) is 0 Å². The molecule has 3 aliphatic rings. The number of pyridine rings is 1. The summed E-state index contributed by atoms with van der Waals surface area (Å²) >= 11 is 0. The molecule has 7 nitrogen and oxygen atoms in total. The van der Waals surface area contributed by atoms with Gasteiger partial charge in [0.05, 0.1) is 28.8 Å². The van der Waals surface area contributed by atoms with Crippen molar-refractivity contribution < 1.29 is 19.1 Å². The summed E-state index contributed by atoms with van der Waals surface area (Å²) in [5.41, 5.74) is 3.51. The number of likely N-dealkylation sites (tertiary alicyclic amines) is 1. The molecule has 1 aromatic heterocycles. The molecular formula is C29H27N3O4. The van der Waals surface area contributed by atoms with Crippen molar-refractivity contribution in [3.05, 3.63) is 89.1 Å². The Balaban J connectivity index is 1.19. The van der Waals surface area contributed by atoms with E-state index >= 15 is 0 Å². The Morgan fingerprint density at radius 1 is 0.972 bits per heavy atom. The Labute approximate surface area is 209 Å². The molecule has 0 N–H and O–H groups in total. The summed E-state index contributed by atoms with van der Waals surface area (Å²) in [6, 6.07) is 19.1. The number of hydrogen-bond donors (Lipinski definition) is 0. The minimum Gasteiger partial charge on any atom is -0.449 e. The Hall–Kier alpha value is -4.00. The van der Waals surface area contributed by atoms with Crippen molar-refractivity contribution >= 4 is 17.8 Å². The highest BCUT2D eigenvalue weighted by Gasteiger charge is 2.57. The molecule has 182 valence electrons. The van der Waals surface area contributed by atoms with Gasteiger partial charge in [-0.2, -0.15) is 0 Å². The first-order valence-electron chi connectivity index (χ1n) is 12.2. The number of nitrogens with zero attached hydrogens (tertiary/aromatic N) is 3. The number of aromatic nitrogens is 1. The van der Waals surface area contributed by atoms with Gasteiger partial charge in [-0.25, -0.2) is 4.79 Å². The predicted octanol–water partition coefficient (Wildman–Crippen LogP) is 3.78. The monoisotopic (exact) mass is 481 g/mol. The summed E-state index contributed by atoms with van der Waals surface area (Å²) in [7, 11) is 3.43. The Bertz CT molecular complexity index is 1380. The highest BCUT2D eigenvalue weighted by atomic mass is 16.6. The summed E-state index contributed by atoms with van der Waals surface area (Å²) in [4.78, 5) is 46.1. The van der Waals surface area contributed by atoms with Gasteiger partial charge in [0, 0.05) is 44.4 Å². The lowest BCUT2D eigenvalue weighted by atomic mass is 9.91. The molecule has 1 atom stereocenters. The van der Waals surface area contributed by atoms with Crippen LogP contribution in [0.4, 0.5) is 0 Å². The smallest absolute Gasteiger partial charge is 0.339 e. The van der Waals surface area contributed by atoms with Gasteiger partial charge in [-0.3, -0.25) is 14.6 Å². The van der Waals surface area contributed by atoms with Crippen LogP contribution in [0.15, 0.2) is 66.9 Å². The second-order valence-electron chi connectivity index (χ2n) is 10.2. The molecule has 2 aliphatic heterocycles. The second-order valence-corrected chi connectivity index (χ2v) is 10.2. The molecule has 2 aromatic carbocycles. The average Bonchev–Trinajstić information content (AvgIpc) is 3.54. The third-order valence-electron chi connectivity index (χ3n) is 7.75. The van der Waals surface area contributed by atoms with Gasteiger partial charge in [-0.15, -0.1) is 0 Å². The molecule has 1 spiro atoms. The molecule has 6 rings (SSSR count). The Morgan fingerprint density at radius 2 is 1.72 bits per heavy atom. The molecule has 36 heavy (non-hydrogen) atoms. The van der Waals surface area contributed by atoms with E-state index in [-0.39, 0.29) is 17.8 Å². The number of benzene rings is 2. The maximum Gasteiger partial charge on any atom is 0.339 e. The molecule has 3 heterocycles. The van der Waals surface area contributed by atoms with Gasteiger partial charge in [0.15, 0.2) is 5.60 Å². The quantitative estimate of drug-likeness (QED) is 0.530. The van der Waals surface area contributed by atoms with E-state index in [9.17, 15) is 14.4 Å². The summed E-state index contributed by atoms with van der Waals surface area (Å²) in [5, 5.41) is 0. The number of carbonyl (C=O) groups is 3. The van der Waals surface area contributed by atoms with Crippen molar-refractivity contribution in [3.8, 4) is 11.3 Å². The van der Waals surface area contributed by atoms with Crippen LogP contribution >= 0.6 is 0 Å². The minimum absolute atomic E-state index is 0.0851. The maximum absolute atomic E-state index is 13.7. The Kier molecular flexibility index (Phi) is 5.00. The first-order chi connectivity index (χ1) is 17.3. The summed E-state index contributed by atoms with van der Waals surface area (Å²) in [6.07, 6.45) is 3.83. The lowest BCUT2D eigenvalue weighted by molar-refractivity contribution is -0.134. The van der Waals surface area contributed by atoms with Gasteiger partial charge in [0.1, 0.15) is 0 Å². The van der Waals surface area contributed by atoms with Crippen LogP contribution in [0, 0.1) is 0 Å². The van der Waals surface area contributed by atoms with Crippen LogP contribution in [0.3, 0.4) is 0 Å². The van der Waals surface area contributed by atoms with E-state index in [1.165, 1.54) is 4.90 Å². The normalized spacial score (nSPS) is 21.3. The Morgan fingerprint density at radius 3 is 2.39 bits per heavy atom. The van der Waals surface area contributed by atoms with Crippen LogP contribution in [0.5, 0.6) is 0 Å². The third-order valence-corrected chi connectivity index (χ3v) is 7.75.